The van der Waals surface area contributed by atoms with Crippen molar-refractivity contribution in [1.29, 1.82) is 0 Å². The first-order valence-corrected chi connectivity index (χ1v) is 11.0. The minimum atomic E-state index is -0.521. The van der Waals surface area contributed by atoms with Crippen LogP contribution in [0.5, 0.6) is 0 Å². The molecule has 1 atom stereocenters. The Hall–Kier alpha value is -4.27. The number of hydrogen-bond acceptors (Lipinski definition) is 6. The number of benzene rings is 2. The third-order valence-electron chi connectivity index (χ3n) is 5.10. The van der Waals surface area contributed by atoms with Gasteiger partial charge in [0, 0.05) is 36.5 Å². The van der Waals surface area contributed by atoms with Crippen LogP contribution in [0.3, 0.4) is 0 Å². The molecule has 0 saturated heterocycles. The first-order chi connectivity index (χ1) is 16.4. The highest BCUT2D eigenvalue weighted by Gasteiger charge is 2.19. The number of nitro groups is 1. The predicted octanol–water partition coefficient (Wildman–Crippen LogP) is 4.83. The molecule has 3 N–H and O–H groups in total. The Labute approximate surface area is 197 Å². The van der Waals surface area contributed by atoms with Crippen LogP contribution < -0.4 is 16.0 Å². The molecule has 0 spiro atoms. The zero-order chi connectivity index (χ0) is 24.5. The lowest BCUT2D eigenvalue weighted by Crippen LogP contribution is -2.23. The van der Waals surface area contributed by atoms with Crippen LogP contribution in [0.1, 0.15) is 54.3 Å². The molecule has 2 aromatic carbocycles. The molecule has 1 unspecified atom stereocenters. The summed E-state index contributed by atoms with van der Waals surface area (Å²) in [5, 5.41) is 20.3. The maximum Gasteiger partial charge on any atom is 0.293 e. The second-order valence-corrected chi connectivity index (χ2v) is 7.79. The Morgan fingerprint density at radius 2 is 1.91 bits per heavy atom. The molecule has 3 rings (SSSR count). The van der Waals surface area contributed by atoms with Crippen LogP contribution in [-0.4, -0.2) is 21.7 Å². The molecule has 1 aromatic heterocycles. The summed E-state index contributed by atoms with van der Waals surface area (Å²) in [5.74, 6) is -0.505. The van der Waals surface area contributed by atoms with Crippen molar-refractivity contribution >= 4 is 28.9 Å². The van der Waals surface area contributed by atoms with Crippen molar-refractivity contribution in [3.63, 3.8) is 0 Å². The lowest BCUT2D eigenvalue weighted by molar-refractivity contribution is -0.384. The summed E-state index contributed by atoms with van der Waals surface area (Å²) in [6.07, 6.45) is 2.85. The minimum Gasteiger partial charge on any atom is -0.371 e. The van der Waals surface area contributed by atoms with Gasteiger partial charge in [0.25, 0.3) is 11.6 Å². The number of carbonyl (C=O) groups excluding carboxylic acids is 2. The molecule has 0 aliphatic carbocycles. The third-order valence-corrected chi connectivity index (χ3v) is 5.10. The van der Waals surface area contributed by atoms with Crippen LogP contribution in [0.15, 0.2) is 66.9 Å². The molecule has 0 fully saturated rings. The fourth-order valence-corrected chi connectivity index (χ4v) is 3.38. The van der Waals surface area contributed by atoms with Gasteiger partial charge in [0.05, 0.1) is 16.7 Å². The van der Waals surface area contributed by atoms with Gasteiger partial charge in [-0.05, 0) is 55.3 Å². The van der Waals surface area contributed by atoms with Crippen LogP contribution in [0.4, 0.5) is 17.1 Å². The summed E-state index contributed by atoms with van der Waals surface area (Å²) < 4.78 is 0. The SMILES string of the molecule is CCCC(=O)Nc1cccc(CNC(=O)c2ccc(NC(C)c3ccccn3)c([N+](=O)[O-])c2)c1. The van der Waals surface area contributed by atoms with Crippen molar-refractivity contribution < 1.29 is 14.5 Å². The Morgan fingerprint density at radius 3 is 2.62 bits per heavy atom. The molecule has 0 radical (unpaired) electrons. The summed E-state index contributed by atoms with van der Waals surface area (Å²) in [5.41, 5.74) is 2.46. The smallest absolute Gasteiger partial charge is 0.293 e. The maximum atomic E-state index is 12.7. The second kappa shape index (κ2) is 11.6. The molecule has 9 heteroatoms. The van der Waals surface area contributed by atoms with Crippen molar-refractivity contribution in [2.45, 2.75) is 39.3 Å². The Balaban J connectivity index is 1.68. The van der Waals surface area contributed by atoms with E-state index in [1.54, 1.807) is 30.5 Å². The van der Waals surface area contributed by atoms with E-state index < -0.39 is 10.8 Å². The van der Waals surface area contributed by atoms with E-state index in [1.807, 2.05) is 32.0 Å². The zero-order valence-corrected chi connectivity index (χ0v) is 19.1. The highest BCUT2D eigenvalue weighted by atomic mass is 16.6. The van der Waals surface area contributed by atoms with E-state index in [-0.39, 0.29) is 29.7 Å². The fraction of sp³-hybridized carbons (Fsp3) is 0.240. The monoisotopic (exact) mass is 461 g/mol. The van der Waals surface area contributed by atoms with E-state index in [2.05, 4.69) is 20.9 Å². The first kappa shape index (κ1) is 24.4. The van der Waals surface area contributed by atoms with E-state index in [9.17, 15) is 19.7 Å². The molecular formula is C25H27N5O4. The average molecular weight is 462 g/mol. The van der Waals surface area contributed by atoms with Crippen molar-refractivity contribution in [3.05, 3.63) is 93.8 Å². The molecule has 9 nitrogen and oxygen atoms in total. The van der Waals surface area contributed by atoms with Crippen molar-refractivity contribution in [2.75, 3.05) is 10.6 Å². The number of aromatic nitrogens is 1. The largest absolute Gasteiger partial charge is 0.371 e. The molecule has 0 aliphatic heterocycles. The van der Waals surface area contributed by atoms with Crippen LogP contribution in [-0.2, 0) is 11.3 Å². The minimum absolute atomic E-state index is 0.0675. The van der Waals surface area contributed by atoms with E-state index in [1.165, 1.54) is 18.2 Å². The highest BCUT2D eigenvalue weighted by molar-refractivity contribution is 5.95. The van der Waals surface area contributed by atoms with E-state index in [0.29, 0.717) is 17.8 Å². The summed E-state index contributed by atoms with van der Waals surface area (Å²) >= 11 is 0. The van der Waals surface area contributed by atoms with Crippen LogP contribution in [0.25, 0.3) is 0 Å². The molecule has 0 bridgehead atoms. The van der Waals surface area contributed by atoms with Crippen molar-refractivity contribution in [3.8, 4) is 0 Å². The lowest BCUT2D eigenvalue weighted by Gasteiger charge is -2.15. The maximum absolute atomic E-state index is 12.7. The third kappa shape index (κ3) is 6.61. The number of nitro benzene ring substituents is 1. The molecule has 176 valence electrons. The number of hydrogen-bond donors (Lipinski definition) is 3. The number of pyridine rings is 1. The van der Waals surface area contributed by atoms with Crippen molar-refractivity contribution in [2.24, 2.45) is 0 Å². The van der Waals surface area contributed by atoms with Gasteiger partial charge < -0.3 is 16.0 Å². The van der Waals surface area contributed by atoms with Gasteiger partial charge in [-0.25, -0.2) is 0 Å². The molecule has 1 heterocycles. The Morgan fingerprint density at radius 1 is 1.09 bits per heavy atom. The number of carbonyl (C=O) groups is 2. The quantitative estimate of drug-likeness (QED) is 0.293. The second-order valence-electron chi connectivity index (χ2n) is 7.79. The summed E-state index contributed by atoms with van der Waals surface area (Å²) in [6, 6.07) is 16.7. The van der Waals surface area contributed by atoms with E-state index in [0.717, 1.165) is 17.7 Å². The molecule has 0 aliphatic rings. The van der Waals surface area contributed by atoms with Gasteiger partial charge in [0.2, 0.25) is 5.91 Å². The lowest BCUT2D eigenvalue weighted by atomic mass is 10.1. The predicted molar refractivity (Wildman–Crippen MR) is 131 cm³/mol. The van der Waals surface area contributed by atoms with Crippen LogP contribution in [0, 0.1) is 10.1 Å². The number of anilines is 2. The number of rotatable bonds is 10. The highest BCUT2D eigenvalue weighted by Crippen LogP contribution is 2.29. The molecule has 0 saturated carbocycles. The van der Waals surface area contributed by atoms with Crippen LogP contribution in [0.2, 0.25) is 0 Å². The topological polar surface area (TPSA) is 126 Å². The molecule has 2 amide bonds. The van der Waals surface area contributed by atoms with E-state index >= 15 is 0 Å². The standard InChI is InChI=1S/C25H27N5O4/c1-3-7-24(31)29-20-9-6-8-18(14-20)16-27-25(32)19-11-12-22(23(15-19)30(33)34)28-17(2)21-10-4-5-13-26-21/h4-6,8-15,17,28H,3,7,16H2,1-2H3,(H,27,32)(H,29,31). The van der Waals surface area contributed by atoms with Crippen molar-refractivity contribution in [1.82, 2.24) is 10.3 Å². The number of amides is 2. The average Bonchev–Trinajstić information content (AvgIpc) is 2.83. The van der Waals surface area contributed by atoms with Gasteiger partial charge in [0.15, 0.2) is 0 Å². The van der Waals surface area contributed by atoms with Gasteiger partial charge >= 0.3 is 0 Å². The van der Waals surface area contributed by atoms with E-state index in [4.69, 9.17) is 0 Å². The summed E-state index contributed by atoms with van der Waals surface area (Å²) in [6.45, 7) is 3.99. The van der Waals surface area contributed by atoms with Gasteiger partial charge in [-0.3, -0.25) is 24.7 Å². The normalized spacial score (nSPS) is 11.4. The molecule has 34 heavy (non-hydrogen) atoms. The first-order valence-electron chi connectivity index (χ1n) is 11.0. The number of nitrogens with one attached hydrogen (secondary N) is 3. The van der Waals surface area contributed by atoms with Gasteiger partial charge in [-0.1, -0.05) is 25.1 Å². The van der Waals surface area contributed by atoms with Gasteiger partial charge in [0.1, 0.15) is 5.69 Å². The summed E-state index contributed by atoms with van der Waals surface area (Å²) in [4.78, 5) is 39.8. The molecule has 3 aromatic rings. The Bertz CT molecular complexity index is 1170. The Kier molecular flexibility index (Phi) is 8.28. The fourth-order valence-electron chi connectivity index (χ4n) is 3.38. The zero-order valence-electron chi connectivity index (χ0n) is 19.1. The molecular weight excluding hydrogens is 434 g/mol. The summed E-state index contributed by atoms with van der Waals surface area (Å²) in [7, 11) is 0. The van der Waals surface area contributed by atoms with Crippen LogP contribution >= 0.6 is 0 Å². The van der Waals surface area contributed by atoms with Gasteiger partial charge in [-0.15, -0.1) is 0 Å². The number of nitrogens with zero attached hydrogens (tertiary/aromatic N) is 2. The van der Waals surface area contributed by atoms with Gasteiger partial charge in [-0.2, -0.15) is 0 Å².